The number of methoxy groups -OCH3 is 1. The van der Waals surface area contributed by atoms with Crippen LogP contribution in [-0.2, 0) is 16.1 Å². The number of rotatable bonds is 6. The van der Waals surface area contributed by atoms with E-state index in [1.54, 1.807) is 31.4 Å². The van der Waals surface area contributed by atoms with E-state index in [0.717, 1.165) is 12.5 Å². The van der Waals surface area contributed by atoms with Crippen molar-refractivity contribution in [2.24, 2.45) is 0 Å². The molecule has 0 aliphatic rings. The molecule has 0 fully saturated rings. The van der Waals surface area contributed by atoms with Crippen LogP contribution in [0.5, 0.6) is 0 Å². The second-order valence-electron chi connectivity index (χ2n) is 4.39. The lowest BCUT2D eigenvalue weighted by atomic mass is 10.1. The molecule has 0 aliphatic carbocycles. The number of nitrogens with one attached hydrogen (secondary N) is 1. The van der Waals surface area contributed by atoms with Crippen LogP contribution in [0.3, 0.4) is 0 Å². The standard InChI is InChI=1S/C13H17NO5/c1-13(18,12(16)17)8-14-11(15)10-5-3-9(4-6-10)7-19-2/h3-6,18H,7-8H2,1-2H3,(H,14,15)(H,16,17). The van der Waals surface area contributed by atoms with Crippen LogP contribution in [0.25, 0.3) is 0 Å². The lowest BCUT2D eigenvalue weighted by molar-refractivity contribution is -0.155. The molecule has 0 saturated heterocycles. The predicted molar refractivity (Wildman–Crippen MR) is 67.7 cm³/mol. The van der Waals surface area contributed by atoms with Gasteiger partial charge in [-0.2, -0.15) is 0 Å². The van der Waals surface area contributed by atoms with Crippen molar-refractivity contribution in [1.82, 2.24) is 5.32 Å². The fourth-order valence-electron chi connectivity index (χ4n) is 1.35. The van der Waals surface area contributed by atoms with Crippen molar-refractivity contribution in [3.8, 4) is 0 Å². The molecule has 1 aromatic rings. The molecule has 0 aromatic heterocycles. The van der Waals surface area contributed by atoms with Crippen LogP contribution in [0.4, 0.5) is 0 Å². The molecule has 0 bridgehead atoms. The first-order valence-electron chi connectivity index (χ1n) is 5.68. The van der Waals surface area contributed by atoms with Gasteiger partial charge in [0.25, 0.3) is 5.91 Å². The Labute approximate surface area is 111 Å². The highest BCUT2D eigenvalue weighted by Crippen LogP contribution is 2.06. The van der Waals surface area contributed by atoms with Gasteiger partial charge in [-0.25, -0.2) is 4.79 Å². The molecule has 0 aliphatic heterocycles. The Morgan fingerprint density at radius 2 is 1.89 bits per heavy atom. The quantitative estimate of drug-likeness (QED) is 0.693. The Kier molecular flexibility index (Phi) is 5.02. The number of aliphatic carboxylic acids is 1. The molecule has 1 rings (SSSR count). The zero-order valence-corrected chi connectivity index (χ0v) is 10.8. The first kappa shape index (κ1) is 15.1. The molecule has 1 atom stereocenters. The van der Waals surface area contributed by atoms with Crippen LogP contribution in [0.2, 0.25) is 0 Å². The van der Waals surface area contributed by atoms with Crippen molar-refractivity contribution in [2.45, 2.75) is 19.1 Å². The molecule has 0 saturated carbocycles. The van der Waals surface area contributed by atoms with E-state index in [0.29, 0.717) is 12.2 Å². The number of benzene rings is 1. The number of ether oxygens (including phenoxy) is 1. The molecule has 0 heterocycles. The van der Waals surface area contributed by atoms with Crippen LogP contribution in [0.1, 0.15) is 22.8 Å². The minimum atomic E-state index is -1.98. The predicted octanol–water partition coefficient (Wildman–Crippen LogP) is 0.398. The van der Waals surface area contributed by atoms with Crippen LogP contribution in [0, 0.1) is 0 Å². The van der Waals surface area contributed by atoms with Crippen molar-refractivity contribution in [2.75, 3.05) is 13.7 Å². The number of carboxylic acids is 1. The third-order valence-corrected chi connectivity index (χ3v) is 2.58. The summed E-state index contributed by atoms with van der Waals surface area (Å²) in [5.74, 6) is -1.83. The van der Waals surface area contributed by atoms with E-state index < -0.39 is 17.5 Å². The fourth-order valence-corrected chi connectivity index (χ4v) is 1.35. The minimum absolute atomic E-state index is 0.360. The number of carboxylic acid groups (broad SMARTS) is 1. The minimum Gasteiger partial charge on any atom is -0.479 e. The first-order chi connectivity index (χ1) is 8.86. The largest absolute Gasteiger partial charge is 0.479 e. The Morgan fingerprint density at radius 3 is 2.37 bits per heavy atom. The lowest BCUT2D eigenvalue weighted by Gasteiger charge is -2.18. The summed E-state index contributed by atoms with van der Waals surface area (Å²) in [4.78, 5) is 22.4. The first-order valence-corrected chi connectivity index (χ1v) is 5.68. The van der Waals surface area contributed by atoms with E-state index in [2.05, 4.69) is 5.32 Å². The maximum absolute atomic E-state index is 11.7. The van der Waals surface area contributed by atoms with E-state index >= 15 is 0 Å². The third kappa shape index (κ3) is 4.35. The fraction of sp³-hybridized carbons (Fsp3) is 0.385. The Bertz CT molecular complexity index is 453. The third-order valence-electron chi connectivity index (χ3n) is 2.58. The second-order valence-corrected chi connectivity index (χ2v) is 4.39. The zero-order chi connectivity index (χ0) is 14.5. The highest BCUT2D eigenvalue weighted by Gasteiger charge is 2.30. The molecule has 0 spiro atoms. The van der Waals surface area contributed by atoms with Gasteiger partial charge in [-0.05, 0) is 24.6 Å². The summed E-state index contributed by atoms with van der Waals surface area (Å²) in [6.45, 7) is 1.22. The van der Waals surface area contributed by atoms with E-state index in [1.807, 2.05) is 0 Å². The summed E-state index contributed by atoms with van der Waals surface area (Å²) in [6.07, 6.45) is 0. The lowest BCUT2D eigenvalue weighted by Crippen LogP contribution is -2.46. The monoisotopic (exact) mass is 267 g/mol. The average Bonchev–Trinajstić information content (AvgIpc) is 2.37. The molecule has 1 aromatic carbocycles. The van der Waals surface area contributed by atoms with Crippen LogP contribution in [0.15, 0.2) is 24.3 Å². The SMILES string of the molecule is COCc1ccc(C(=O)NCC(C)(O)C(=O)O)cc1. The van der Waals surface area contributed by atoms with E-state index in [1.165, 1.54) is 0 Å². The smallest absolute Gasteiger partial charge is 0.337 e. The van der Waals surface area contributed by atoms with E-state index in [-0.39, 0.29) is 6.54 Å². The maximum atomic E-state index is 11.7. The normalized spacial score (nSPS) is 13.6. The van der Waals surface area contributed by atoms with Gasteiger partial charge in [0.2, 0.25) is 0 Å². The molecule has 104 valence electrons. The summed E-state index contributed by atoms with van der Waals surface area (Å²) in [6, 6.07) is 6.71. The van der Waals surface area contributed by atoms with E-state index in [4.69, 9.17) is 9.84 Å². The van der Waals surface area contributed by atoms with Gasteiger partial charge in [-0.3, -0.25) is 4.79 Å². The van der Waals surface area contributed by atoms with Gasteiger partial charge in [-0.1, -0.05) is 12.1 Å². The maximum Gasteiger partial charge on any atom is 0.337 e. The van der Waals surface area contributed by atoms with Crippen LogP contribution in [-0.4, -0.2) is 41.3 Å². The van der Waals surface area contributed by atoms with Gasteiger partial charge in [0.05, 0.1) is 13.2 Å². The van der Waals surface area contributed by atoms with E-state index in [9.17, 15) is 14.7 Å². The Morgan fingerprint density at radius 1 is 1.32 bits per heavy atom. The molecular formula is C13H17NO5. The summed E-state index contributed by atoms with van der Waals surface area (Å²) in [5.41, 5.74) is -0.663. The summed E-state index contributed by atoms with van der Waals surface area (Å²) in [5, 5.41) is 20.5. The number of carbonyl (C=O) groups is 2. The van der Waals surface area contributed by atoms with Gasteiger partial charge >= 0.3 is 5.97 Å². The second kappa shape index (κ2) is 6.31. The van der Waals surface area contributed by atoms with Crippen molar-refractivity contribution in [1.29, 1.82) is 0 Å². The van der Waals surface area contributed by atoms with Crippen molar-refractivity contribution >= 4 is 11.9 Å². The van der Waals surface area contributed by atoms with Crippen molar-refractivity contribution < 1.29 is 24.5 Å². The van der Waals surface area contributed by atoms with Gasteiger partial charge in [-0.15, -0.1) is 0 Å². The van der Waals surface area contributed by atoms with Gasteiger partial charge in [0.15, 0.2) is 5.60 Å². The molecule has 1 unspecified atom stereocenters. The zero-order valence-electron chi connectivity index (χ0n) is 10.8. The molecule has 6 heteroatoms. The highest BCUT2D eigenvalue weighted by atomic mass is 16.5. The van der Waals surface area contributed by atoms with Crippen molar-refractivity contribution in [3.63, 3.8) is 0 Å². The van der Waals surface area contributed by atoms with Gasteiger partial charge < -0.3 is 20.3 Å². The highest BCUT2D eigenvalue weighted by molar-refractivity contribution is 5.94. The summed E-state index contributed by atoms with van der Waals surface area (Å²) >= 11 is 0. The topological polar surface area (TPSA) is 95.9 Å². The number of hydrogen-bond donors (Lipinski definition) is 3. The molecule has 6 nitrogen and oxygen atoms in total. The number of carbonyl (C=O) groups excluding carboxylic acids is 1. The molecule has 0 radical (unpaired) electrons. The number of aliphatic hydroxyl groups is 1. The molecule has 3 N–H and O–H groups in total. The molecular weight excluding hydrogens is 250 g/mol. The summed E-state index contributed by atoms with van der Waals surface area (Å²) < 4.78 is 4.95. The number of amides is 1. The van der Waals surface area contributed by atoms with Crippen LogP contribution >= 0.6 is 0 Å². The average molecular weight is 267 g/mol. The Hall–Kier alpha value is -1.92. The molecule has 19 heavy (non-hydrogen) atoms. The van der Waals surface area contributed by atoms with Crippen LogP contribution < -0.4 is 5.32 Å². The molecule has 1 amide bonds. The number of hydrogen-bond acceptors (Lipinski definition) is 4. The van der Waals surface area contributed by atoms with Gasteiger partial charge in [0, 0.05) is 12.7 Å². The van der Waals surface area contributed by atoms with Gasteiger partial charge in [0.1, 0.15) is 0 Å². The van der Waals surface area contributed by atoms with Crippen molar-refractivity contribution in [3.05, 3.63) is 35.4 Å². The Balaban J connectivity index is 2.61. The summed E-state index contributed by atoms with van der Waals surface area (Å²) in [7, 11) is 1.58.